The van der Waals surface area contributed by atoms with E-state index in [-0.39, 0.29) is 5.02 Å². The maximum Gasteiger partial charge on any atom is 0.142 e. The van der Waals surface area contributed by atoms with Crippen molar-refractivity contribution in [2.24, 2.45) is 0 Å². The predicted molar refractivity (Wildman–Crippen MR) is 126 cm³/mol. The molecule has 0 spiro atoms. The van der Waals surface area contributed by atoms with E-state index in [9.17, 15) is 4.39 Å². The molecule has 156 valence electrons. The summed E-state index contributed by atoms with van der Waals surface area (Å²) >= 11 is 16.1. The Hall–Kier alpha value is -1.05. The Labute approximate surface area is 189 Å². The minimum Gasteiger partial charge on any atom is -0.496 e. The molecule has 0 fully saturated rings. The van der Waals surface area contributed by atoms with Crippen molar-refractivity contribution in [3.05, 3.63) is 50.8 Å². The van der Waals surface area contributed by atoms with Crippen LogP contribution in [0, 0.1) is 5.82 Å². The second kappa shape index (κ2) is 8.98. The zero-order valence-electron chi connectivity index (χ0n) is 16.8. The molecule has 0 N–H and O–H groups in total. The van der Waals surface area contributed by atoms with Gasteiger partial charge in [-0.2, -0.15) is 0 Å². The Bertz CT molecular complexity index is 1050. The van der Waals surface area contributed by atoms with E-state index in [1.807, 2.05) is 22.9 Å². The molecule has 0 saturated carbocycles. The summed E-state index contributed by atoms with van der Waals surface area (Å²) in [6, 6.07) is 7.80. The average molecular weight is 519 g/mol. The van der Waals surface area contributed by atoms with Gasteiger partial charge in [0.15, 0.2) is 0 Å². The topological polar surface area (TPSA) is 23.4 Å². The Kier molecular flexibility index (Phi) is 7.01. The molecule has 29 heavy (non-hydrogen) atoms. The van der Waals surface area contributed by atoms with Gasteiger partial charge in [0.1, 0.15) is 18.3 Å². The molecular weight excluding hydrogens is 496 g/mol. The van der Waals surface area contributed by atoms with Gasteiger partial charge >= 0.3 is 0 Å². The van der Waals surface area contributed by atoms with Crippen molar-refractivity contribution in [1.29, 1.82) is 0 Å². The molecule has 0 amide bonds. The molecule has 1 heterocycles. The first kappa shape index (κ1) is 22.6. The Morgan fingerprint density at radius 3 is 2.52 bits per heavy atom. The van der Waals surface area contributed by atoms with Crippen molar-refractivity contribution in [1.82, 2.24) is 4.57 Å². The third-order valence-corrected chi connectivity index (χ3v) is 7.97. The summed E-state index contributed by atoms with van der Waals surface area (Å²) < 4.78 is 28.4. The van der Waals surface area contributed by atoms with Crippen LogP contribution in [0.15, 0.2) is 34.9 Å². The van der Waals surface area contributed by atoms with E-state index in [2.05, 4.69) is 35.6 Å². The maximum atomic E-state index is 14.3. The minimum atomic E-state index is -1.17. The molecule has 3 aromatic rings. The van der Waals surface area contributed by atoms with Gasteiger partial charge in [0.05, 0.1) is 22.7 Å². The molecule has 3 nitrogen and oxygen atoms in total. The second-order valence-electron chi connectivity index (χ2n) is 8.08. The summed E-state index contributed by atoms with van der Waals surface area (Å²) in [6.45, 7) is 8.04. The summed E-state index contributed by atoms with van der Waals surface area (Å²) in [5.74, 6) is -0.0352. The SMILES string of the molecule is COc1cc(Cl)c(F)cc1-c1cn(COCC[Si](C)(C)C)c2ccc(Br)c(Cl)c12. The molecule has 8 heteroatoms. The number of ether oxygens (including phenoxy) is 2. The van der Waals surface area contributed by atoms with Crippen LogP contribution < -0.4 is 4.74 Å². The van der Waals surface area contributed by atoms with Crippen LogP contribution in [0.3, 0.4) is 0 Å². The van der Waals surface area contributed by atoms with Gasteiger partial charge in [-0.25, -0.2) is 4.39 Å². The van der Waals surface area contributed by atoms with Crippen LogP contribution in [0.2, 0.25) is 35.7 Å². The third kappa shape index (κ3) is 4.99. The molecule has 0 saturated heterocycles. The van der Waals surface area contributed by atoms with Crippen LogP contribution in [0.1, 0.15) is 0 Å². The summed E-state index contributed by atoms with van der Waals surface area (Å²) in [6.07, 6.45) is 1.92. The standard InChI is InChI=1S/C21H23BrCl2FNO2Si/c1-27-19-10-16(23)17(25)9-13(19)14-11-26(12-28-7-8-29(2,3)4)18-6-5-15(22)21(24)20(14)18/h5-6,9-11H,7-8,12H2,1-4H3. The van der Waals surface area contributed by atoms with Gasteiger partial charge in [0.2, 0.25) is 0 Å². The van der Waals surface area contributed by atoms with Crippen LogP contribution in [0.4, 0.5) is 4.39 Å². The number of halogens is 4. The highest BCUT2D eigenvalue weighted by molar-refractivity contribution is 9.10. The largest absolute Gasteiger partial charge is 0.496 e. The first-order valence-electron chi connectivity index (χ1n) is 9.20. The molecule has 1 aromatic heterocycles. The van der Waals surface area contributed by atoms with Gasteiger partial charge in [-0.3, -0.25) is 0 Å². The fraction of sp³-hybridized carbons (Fsp3) is 0.333. The molecule has 0 aliphatic carbocycles. The average Bonchev–Trinajstić information content (AvgIpc) is 3.02. The number of aromatic nitrogens is 1. The number of rotatable bonds is 7. The molecule has 2 aromatic carbocycles. The molecule has 0 radical (unpaired) electrons. The number of methoxy groups -OCH3 is 1. The first-order chi connectivity index (χ1) is 13.6. The summed E-state index contributed by atoms with van der Waals surface area (Å²) in [4.78, 5) is 0. The van der Waals surface area contributed by atoms with Gasteiger partial charge in [-0.05, 0) is 40.2 Å². The zero-order valence-corrected chi connectivity index (χ0v) is 20.9. The lowest BCUT2D eigenvalue weighted by Gasteiger charge is -2.15. The van der Waals surface area contributed by atoms with E-state index >= 15 is 0 Å². The highest BCUT2D eigenvalue weighted by atomic mass is 79.9. The van der Waals surface area contributed by atoms with Crippen molar-refractivity contribution < 1.29 is 13.9 Å². The zero-order chi connectivity index (χ0) is 21.3. The molecular formula is C21H23BrCl2FNO2Si. The molecule has 0 aliphatic rings. The maximum absolute atomic E-state index is 14.3. The van der Waals surface area contributed by atoms with Gasteiger partial charge in [-0.15, -0.1) is 0 Å². The first-order valence-corrected chi connectivity index (χ1v) is 14.5. The van der Waals surface area contributed by atoms with Crippen molar-refractivity contribution in [2.75, 3.05) is 13.7 Å². The molecule has 0 bridgehead atoms. The lowest BCUT2D eigenvalue weighted by Crippen LogP contribution is -2.21. The van der Waals surface area contributed by atoms with Gasteiger partial charge in [0.25, 0.3) is 0 Å². The number of fused-ring (bicyclic) bond motifs is 1. The third-order valence-electron chi connectivity index (χ3n) is 4.70. The van der Waals surface area contributed by atoms with Crippen LogP contribution in [-0.2, 0) is 11.5 Å². The van der Waals surface area contributed by atoms with E-state index in [1.165, 1.54) is 19.2 Å². The molecule has 0 unspecified atom stereocenters. The molecule has 0 atom stereocenters. The summed E-state index contributed by atoms with van der Waals surface area (Å²) in [5.41, 5.74) is 2.24. The Morgan fingerprint density at radius 2 is 1.86 bits per heavy atom. The fourth-order valence-corrected chi connectivity index (χ4v) is 4.59. The van der Waals surface area contributed by atoms with Crippen LogP contribution in [0.25, 0.3) is 22.0 Å². The second-order valence-corrected chi connectivity index (χ2v) is 15.3. The van der Waals surface area contributed by atoms with E-state index < -0.39 is 13.9 Å². The van der Waals surface area contributed by atoms with E-state index in [4.69, 9.17) is 32.7 Å². The monoisotopic (exact) mass is 517 g/mol. The molecule has 0 aliphatic heterocycles. The van der Waals surface area contributed by atoms with Gasteiger partial charge in [-0.1, -0.05) is 42.8 Å². The predicted octanol–water partition coefficient (Wildman–Crippen LogP) is 7.84. The van der Waals surface area contributed by atoms with E-state index in [0.29, 0.717) is 29.7 Å². The van der Waals surface area contributed by atoms with E-state index in [0.717, 1.165) is 27.0 Å². The summed E-state index contributed by atoms with van der Waals surface area (Å²) in [7, 11) is 0.362. The quantitative estimate of drug-likeness (QED) is 0.235. The number of hydrogen-bond donors (Lipinski definition) is 0. The number of hydrogen-bond acceptors (Lipinski definition) is 2. The highest BCUT2D eigenvalue weighted by Crippen LogP contribution is 2.43. The van der Waals surface area contributed by atoms with Crippen molar-refractivity contribution in [3.63, 3.8) is 0 Å². The van der Waals surface area contributed by atoms with Crippen LogP contribution in [-0.4, -0.2) is 26.4 Å². The van der Waals surface area contributed by atoms with Crippen molar-refractivity contribution >= 4 is 58.1 Å². The number of nitrogens with zero attached hydrogens (tertiary/aromatic N) is 1. The highest BCUT2D eigenvalue weighted by Gasteiger charge is 2.20. The number of benzene rings is 2. The lowest BCUT2D eigenvalue weighted by atomic mass is 10.0. The Morgan fingerprint density at radius 1 is 1.14 bits per heavy atom. The van der Waals surface area contributed by atoms with Crippen molar-refractivity contribution in [3.8, 4) is 16.9 Å². The lowest BCUT2D eigenvalue weighted by molar-refractivity contribution is 0.0903. The smallest absolute Gasteiger partial charge is 0.142 e. The van der Waals surface area contributed by atoms with Crippen LogP contribution >= 0.6 is 39.1 Å². The molecule has 3 rings (SSSR count). The van der Waals surface area contributed by atoms with Gasteiger partial charge in [0, 0.05) is 47.9 Å². The normalized spacial score (nSPS) is 12.0. The fourth-order valence-electron chi connectivity index (χ4n) is 3.09. The van der Waals surface area contributed by atoms with Gasteiger partial charge < -0.3 is 14.0 Å². The van der Waals surface area contributed by atoms with Crippen LogP contribution in [0.5, 0.6) is 5.75 Å². The van der Waals surface area contributed by atoms with Crippen molar-refractivity contribution in [2.45, 2.75) is 32.4 Å². The minimum absolute atomic E-state index is 0.0105. The Balaban J connectivity index is 2.09. The summed E-state index contributed by atoms with van der Waals surface area (Å²) in [5, 5.41) is 1.36. The van der Waals surface area contributed by atoms with E-state index in [1.54, 1.807) is 0 Å².